The number of carbonyl (C=O) groups excluding carboxylic acids is 1. The Morgan fingerprint density at radius 2 is 2.26 bits per heavy atom. The minimum atomic E-state index is -1.42. The summed E-state index contributed by atoms with van der Waals surface area (Å²) in [6, 6.07) is 1.29. The highest BCUT2D eigenvalue weighted by Crippen LogP contribution is 2.28. The summed E-state index contributed by atoms with van der Waals surface area (Å²) in [7, 11) is 0. The van der Waals surface area contributed by atoms with Crippen LogP contribution >= 0.6 is 0 Å². The predicted octanol–water partition coefficient (Wildman–Crippen LogP) is -1.11. The lowest BCUT2D eigenvalue weighted by Crippen LogP contribution is -2.36. The van der Waals surface area contributed by atoms with Gasteiger partial charge in [-0.2, -0.15) is 10.5 Å². The van der Waals surface area contributed by atoms with Gasteiger partial charge in [0, 0.05) is 12.3 Å². The fraction of sp³-hybridized carbons (Fsp3) is 0.375. The number of hydrogen-bond acceptors (Lipinski definition) is 10. The summed E-state index contributed by atoms with van der Waals surface area (Å²) in [6.45, 7) is 4.50. The molecule has 0 unspecified atom stereocenters. The summed E-state index contributed by atoms with van der Waals surface area (Å²) in [5.74, 6) is -0.914. The zero-order chi connectivity index (χ0) is 20.0. The average Bonchev–Trinajstić information content (AvgIpc) is 2.95. The molecule has 1 aliphatic heterocycles. The molecule has 4 atom stereocenters. The minimum absolute atomic E-state index is 0.0551. The number of anilines is 1. The molecule has 146 valence electrons. The second kappa shape index (κ2) is 9.19. The molecule has 1 fully saturated rings. The molecular weight excluding hydrogens is 360 g/mol. The van der Waals surface area contributed by atoms with Crippen LogP contribution in [0.4, 0.5) is 5.82 Å². The van der Waals surface area contributed by atoms with Crippen LogP contribution in [0.1, 0.15) is 13.2 Å². The Bertz CT molecular complexity index is 804. The van der Waals surface area contributed by atoms with Gasteiger partial charge >= 0.3 is 11.7 Å². The fourth-order valence-corrected chi connectivity index (χ4v) is 2.30. The second-order valence-electron chi connectivity index (χ2n) is 5.46. The number of ether oxygens (including phenoxy) is 1. The molecule has 11 nitrogen and oxygen atoms in total. The Morgan fingerprint density at radius 1 is 1.52 bits per heavy atom. The Hall–Kier alpha value is -2.86. The van der Waals surface area contributed by atoms with Gasteiger partial charge in [-0.05, 0) is 19.7 Å². The Balaban J connectivity index is 2.08. The summed E-state index contributed by atoms with van der Waals surface area (Å²) in [4.78, 5) is 35.9. The molecule has 1 aromatic rings. The van der Waals surface area contributed by atoms with Crippen molar-refractivity contribution in [1.29, 1.82) is 0 Å². The summed E-state index contributed by atoms with van der Waals surface area (Å²) in [5.41, 5.74) is 1.32. The van der Waals surface area contributed by atoms with Crippen molar-refractivity contribution < 1.29 is 29.7 Å². The third-order valence-electron chi connectivity index (χ3n) is 3.70. The van der Waals surface area contributed by atoms with Gasteiger partial charge < -0.3 is 24.9 Å². The summed E-state index contributed by atoms with van der Waals surface area (Å²) < 4.78 is 6.20. The highest BCUT2D eigenvalue weighted by molar-refractivity contribution is 5.89. The first-order chi connectivity index (χ1) is 12.9. The molecule has 1 aliphatic rings. The van der Waals surface area contributed by atoms with E-state index in [1.165, 1.54) is 18.3 Å². The van der Waals surface area contributed by atoms with E-state index in [0.29, 0.717) is 0 Å². The van der Waals surface area contributed by atoms with E-state index in [-0.39, 0.29) is 11.5 Å². The van der Waals surface area contributed by atoms with Crippen molar-refractivity contribution >= 4 is 18.5 Å². The lowest BCUT2D eigenvalue weighted by Gasteiger charge is -2.17. The predicted molar refractivity (Wildman–Crippen MR) is 93.7 cm³/mol. The quantitative estimate of drug-likeness (QED) is 0.199. The number of carbonyl (C=O) groups is 1. The number of aliphatic hydroxyl groups is 3. The molecular formula is C16H20N4O7. The van der Waals surface area contributed by atoms with Gasteiger partial charge in [-0.25, -0.2) is 9.59 Å². The second-order valence-corrected chi connectivity index (χ2v) is 5.46. The number of aliphatic hydroxyl groups excluding tert-OH is 3. The van der Waals surface area contributed by atoms with Gasteiger partial charge in [0.05, 0.1) is 6.61 Å². The number of nitrogens with one attached hydrogen (secondary N) is 1. The zero-order valence-corrected chi connectivity index (χ0v) is 14.4. The summed E-state index contributed by atoms with van der Waals surface area (Å²) in [5, 5.41) is 28.8. The molecule has 0 aliphatic carbocycles. The molecule has 27 heavy (non-hydrogen) atoms. The zero-order valence-electron chi connectivity index (χ0n) is 14.4. The van der Waals surface area contributed by atoms with Crippen molar-refractivity contribution in [3.8, 4) is 0 Å². The molecule has 1 saturated heterocycles. The number of nitrogens with zero attached hydrogens (tertiary/aromatic N) is 3. The largest absolute Gasteiger partial charge is 0.394 e. The number of hydrogen-bond donors (Lipinski definition) is 4. The van der Waals surface area contributed by atoms with E-state index < -0.39 is 42.8 Å². The number of allylic oxidation sites excluding steroid dienone is 3. The molecule has 0 bridgehead atoms. The topological polar surface area (TPSA) is 156 Å². The molecule has 11 heteroatoms. The first-order valence-electron chi connectivity index (χ1n) is 7.91. The first kappa shape index (κ1) is 20.5. The first-order valence-corrected chi connectivity index (χ1v) is 7.91. The normalized spacial score (nSPS) is 25.6. The van der Waals surface area contributed by atoms with E-state index in [9.17, 15) is 19.8 Å². The molecule has 0 aromatic carbocycles. The molecule has 4 N–H and O–H groups in total. The van der Waals surface area contributed by atoms with E-state index >= 15 is 0 Å². The maximum Gasteiger partial charge on any atom is 0.381 e. The number of aromatic nitrogens is 2. The number of rotatable bonds is 7. The molecule has 0 saturated carbocycles. The minimum Gasteiger partial charge on any atom is -0.394 e. The molecule has 1 aromatic heterocycles. The third kappa shape index (κ3) is 4.65. The molecule has 0 spiro atoms. The SMILES string of the molecule is C=N/C(=C\C=C/C)C(=O)ONc1ccn([C@@H]2O[C@H](CO)[C@@H](O)[C@H]2O)c(=O)n1. The highest BCUT2D eigenvalue weighted by Gasteiger charge is 2.43. The lowest BCUT2D eigenvalue weighted by atomic mass is 10.1. The van der Waals surface area contributed by atoms with Crippen LogP contribution in [0.15, 0.2) is 46.0 Å². The van der Waals surface area contributed by atoms with Gasteiger partial charge in [0.15, 0.2) is 12.0 Å². The Labute approximate surface area is 153 Å². The average molecular weight is 380 g/mol. The molecule has 2 heterocycles. The van der Waals surface area contributed by atoms with Crippen molar-refractivity contribution in [3.05, 3.63) is 46.7 Å². The van der Waals surface area contributed by atoms with Crippen LogP contribution < -0.4 is 11.2 Å². The van der Waals surface area contributed by atoms with Crippen LogP contribution in [0, 0.1) is 0 Å². The summed E-state index contributed by atoms with van der Waals surface area (Å²) >= 11 is 0. The number of aliphatic imine (C=N–C) groups is 1. The fourth-order valence-electron chi connectivity index (χ4n) is 2.30. The van der Waals surface area contributed by atoms with Crippen molar-refractivity contribution in [3.63, 3.8) is 0 Å². The van der Waals surface area contributed by atoms with Crippen molar-refractivity contribution in [2.75, 3.05) is 12.1 Å². The van der Waals surface area contributed by atoms with E-state index in [4.69, 9.17) is 14.7 Å². The maximum absolute atomic E-state index is 12.1. The van der Waals surface area contributed by atoms with Gasteiger partial charge in [-0.1, -0.05) is 12.2 Å². The van der Waals surface area contributed by atoms with Gasteiger partial charge in [-0.15, -0.1) is 0 Å². The molecule has 2 rings (SSSR count). The summed E-state index contributed by atoms with van der Waals surface area (Å²) in [6.07, 6.45) is 0.878. The monoisotopic (exact) mass is 380 g/mol. The van der Waals surface area contributed by atoms with Crippen molar-refractivity contribution in [1.82, 2.24) is 9.55 Å². The van der Waals surface area contributed by atoms with E-state index in [0.717, 1.165) is 4.57 Å². The van der Waals surface area contributed by atoms with Gasteiger partial charge in [0.25, 0.3) is 0 Å². The standard InChI is InChI=1S/C16H20N4O7/c1-3-4-5-9(17-2)15(24)27-19-11-6-7-20(16(25)18-11)14-13(23)12(22)10(8-21)26-14/h3-7,10,12-14,21-23H,2,8H2,1H3,(H,18,19,25)/b4-3-,9-5-/t10-,12-,13-,14-/m1/s1. The van der Waals surface area contributed by atoms with Crippen LogP contribution in [0.2, 0.25) is 0 Å². The lowest BCUT2D eigenvalue weighted by molar-refractivity contribution is -0.136. The van der Waals surface area contributed by atoms with E-state index in [1.54, 1.807) is 19.1 Å². The molecule has 0 amide bonds. The van der Waals surface area contributed by atoms with Crippen LogP contribution in [-0.4, -0.2) is 62.5 Å². The van der Waals surface area contributed by atoms with Crippen LogP contribution in [0.25, 0.3) is 0 Å². The van der Waals surface area contributed by atoms with E-state index in [1.807, 2.05) is 0 Å². The van der Waals surface area contributed by atoms with Gasteiger partial charge in [0.2, 0.25) is 0 Å². The highest BCUT2D eigenvalue weighted by atomic mass is 16.7. The Kier molecular flexibility index (Phi) is 6.96. The third-order valence-corrected chi connectivity index (χ3v) is 3.70. The van der Waals surface area contributed by atoms with Crippen molar-refractivity contribution in [2.24, 2.45) is 4.99 Å². The Morgan fingerprint density at radius 3 is 2.81 bits per heavy atom. The van der Waals surface area contributed by atoms with E-state index in [2.05, 4.69) is 22.2 Å². The van der Waals surface area contributed by atoms with Crippen molar-refractivity contribution in [2.45, 2.75) is 31.5 Å². The van der Waals surface area contributed by atoms with Crippen LogP contribution in [0.5, 0.6) is 0 Å². The molecule has 0 radical (unpaired) electrons. The van der Waals surface area contributed by atoms with Crippen LogP contribution in [0.3, 0.4) is 0 Å². The maximum atomic E-state index is 12.1. The van der Waals surface area contributed by atoms with Gasteiger partial charge in [-0.3, -0.25) is 9.56 Å². The smallest absolute Gasteiger partial charge is 0.381 e. The van der Waals surface area contributed by atoms with Gasteiger partial charge in [0.1, 0.15) is 24.0 Å². The van der Waals surface area contributed by atoms with Crippen LogP contribution in [-0.2, 0) is 14.4 Å².